The third-order valence-corrected chi connectivity index (χ3v) is 4.32. The van der Waals surface area contributed by atoms with E-state index in [-0.39, 0.29) is 17.7 Å². The van der Waals surface area contributed by atoms with E-state index in [1.165, 1.54) is 0 Å². The molecule has 2 atom stereocenters. The van der Waals surface area contributed by atoms with Crippen LogP contribution in [-0.2, 0) is 14.3 Å². The van der Waals surface area contributed by atoms with Gasteiger partial charge in [-0.25, -0.2) is 0 Å². The van der Waals surface area contributed by atoms with Gasteiger partial charge in [-0.15, -0.1) is 0 Å². The monoisotopic (exact) mass is 308 g/mol. The fraction of sp³-hybridized carbons (Fsp3) is 0.467. The van der Waals surface area contributed by atoms with Crippen LogP contribution >= 0.6 is 11.6 Å². The third-order valence-electron chi connectivity index (χ3n) is 3.97. The first-order valence-electron chi connectivity index (χ1n) is 7.09. The Morgan fingerprint density at radius 2 is 2.19 bits per heavy atom. The maximum atomic E-state index is 12.7. The summed E-state index contributed by atoms with van der Waals surface area (Å²) in [5, 5.41) is 3.31. The van der Waals surface area contributed by atoms with Crippen molar-refractivity contribution >= 4 is 23.4 Å². The molecule has 1 N–H and O–H groups in total. The summed E-state index contributed by atoms with van der Waals surface area (Å²) in [7, 11) is 0. The molecule has 5 nitrogen and oxygen atoms in total. The van der Waals surface area contributed by atoms with Gasteiger partial charge in [0.25, 0.3) is 0 Å². The van der Waals surface area contributed by atoms with Gasteiger partial charge in [-0.2, -0.15) is 0 Å². The highest BCUT2D eigenvalue weighted by Crippen LogP contribution is 2.31. The van der Waals surface area contributed by atoms with Crippen LogP contribution in [0, 0.1) is 5.92 Å². The molecule has 2 aliphatic rings. The average molecular weight is 309 g/mol. The Kier molecular flexibility index (Phi) is 4.12. The zero-order valence-electron chi connectivity index (χ0n) is 11.5. The highest BCUT2D eigenvalue weighted by molar-refractivity contribution is 6.31. The quantitative estimate of drug-likeness (QED) is 0.898. The molecule has 0 saturated carbocycles. The van der Waals surface area contributed by atoms with Crippen molar-refractivity contribution in [2.75, 3.05) is 26.3 Å². The molecule has 112 valence electrons. The van der Waals surface area contributed by atoms with Crippen LogP contribution in [0.2, 0.25) is 5.02 Å². The summed E-state index contributed by atoms with van der Waals surface area (Å²) in [6, 6.07) is 6.51. The van der Waals surface area contributed by atoms with E-state index in [1.807, 2.05) is 12.1 Å². The molecule has 0 spiro atoms. The predicted molar refractivity (Wildman–Crippen MR) is 77.8 cm³/mol. The second kappa shape index (κ2) is 6.03. The number of amides is 2. The van der Waals surface area contributed by atoms with Gasteiger partial charge in [0.1, 0.15) is 6.04 Å². The second-order valence-corrected chi connectivity index (χ2v) is 5.71. The lowest BCUT2D eigenvalue weighted by Gasteiger charge is -2.36. The van der Waals surface area contributed by atoms with Gasteiger partial charge in [-0.3, -0.25) is 9.59 Å². The molecule has 1 aromatic carbocycles. The first kappa shape index (κ1) is 14.4. The fourth-order valence-electron chi connectivity index (χ4n) is 2.87. The molecule has 6 heteroatoms. The van der Waals surface area contributed by atoms with Gasteiger partial charge in [-0.1, -0.05) is 29.8 Å². The lowest BCUT2D eigenvalue weighted by Crippen LogP contribution is -2.53. The Morgan fingerprint density at radius 1 is 1.38 bits per heavy atom. The molecular formula is C15H17ClN2O3. The minimum atomic E-state index is -0.652. The van der Waals surface area contributed by atoms with E-state index >= 15 is 0 Å². The molecule has 2 heterocycles. The van der Waals surface area contributed by atoms with E-state index in [0.717, 1.165) is 0 Å². The predicted octanol–water partition coefficient (Wildman–Crippen LogP) is 1.38. The lowest BCUT2D eigenvalue weighted by molar-refractivity contribution is -0.146. The van der Waals surface area contributed by atoms with Crippen molar-refractivity contribution in [3.8, 4) is 0 Å². The summed E-state index contributed by atoms with van der Waals surface area (Å²) in [5.74, 6) is -0.352. The Morgan fingerprint density at radius 3 is 2.90 bits per heavy atom. The molecule has 2 fully saturated rings. The van der Waals surface area contributed by atoms with E-state index < -0.39 is 6.04 Å². The first-order valence-corrected chi connectivity index (χ1v) is 7.46. The summed E-state index contributed by atoms with van der Waals surface area (Å²) in [6.07, 6.45) is 0.714. The van der Waals surface area contributed by atoms with E-state index in [1.54, 1.807) is 17.0 Å². The lowest BCUT2D eigenvalue weighted by atomic mass is 9.99. The van der Waals surface area contributed by atoms with E-state index in [2.05, 4.69) is 5.32 Å². The minimum absolute atomic E-state index is 0.0210. The molecule has 2 amide bonds. The van der Waals surface area contributed by atoms with E-state index in [9.17, 15) is 9.59 Å². The smallest absolute Gasteiger partial charge is 0.247 e. The number of piperazine rings is 1. The SMILES string of the molecule is O=C1NCCN(C(=O)[C@@H]2CCOC2)[C@H]1c1ccccc1Cl. The number of ether oxygens (including phenoxy) is 1. The summed E-state index contributed by atoms with van der Waals surface area (Å²) < 4.78 is 5.29. The molecule has 2 saturated heterocycles. The number of nitrogens with zero attached hydrogens (tertiary/aromatic N) is 1. The van der Waals surface area contributed by atoms with Gasteiger partial charge in [-0.05, 0) is 12.5 Å². The van der Waals surface area contributed by atoms with Crippen LogP contribution in [0.25, 0.3) is 0 Å². The van der Waals surface area contributed by atoms with Crippen LogP contribution < -0.4 is 5.32 Å². The molecule has 0 radical (unpaired) electrons. The van der Waals surface area contributed by atoms with Crippen molar-refractivity contribution in [3.05, 3.63) is 34.9 Å². The van der Waals surface area contributed by atoms with Gasteiger partial charge in [0.2, 0.25) is 11.8 Å². The maximum Gasteiger partial charge on any atom is 0.247 e. The number of carbonyl (C=O) groups excluding carboxylic acids is 2. The van der Waals surface area contributed by atoms with Crippen LogP contribution in [0.1, 0.15) is 18.0 Å². The molecule has 0 aromatic heterocycles. The Bertz CT molecular complexity index is 558. The van der Waals surface area contributed by atoms with Crippen molar-refractivity contribution in [2.45, 2.75) is 12.5 Å². The van der Waals surface area contributed by atoms with Crippen molar-refractivity contribution < 1.29 is 14.3 Å². The van der Waals surface area contributed by atoms with Crippen molar-refractivity contribution in [3.63, 3.8) is 0 Å². The van der Waals surface area contributed by atoms with Crippen molar-refractivity contribution in [2.24, 2.45) is 5.92 Å². The number of nitrogens with one attached hydrogen (secondary N) is 1. The largest absolute Gasteiger partial charge is 0.381 e. The standard InChI is InChI=1S/C15H17ClN2O3/c16-12-4-2-1-3-11(12)13-14(19)17-6-7-18(13)15(20)10-5-8-21-9-10/h1-4,10,13H,5-9H2,(H,17,19)/t10-,13+/m1/s1. The van der Waals surface area contributed by atoms with E-state index in [0.29, 0.717) is 43.3 Å². The van der Waals surface area contributed by atoms with Gasteiger partial charge in [0.05, 0.1) is 12.5 Å². The highest BCUT2D eigenvalue weighted by Gasteiger charge is 2.38. The van der Waals surface area contributed by atoms with Gasteiger partial charge in [0, 0.05) is 30.3 Å². The van der Waals surface area contributed by atoms with Crippen molar-refractivity contribution in [1.29, 1.82) is 0 Å². The summed E-state index contributed by atoms with van der Waals surface area (Å²) in [5.41, 5.74) is 0.670. The zero-order valence-corrected chi connectivity index (χ0v) is 12.3. The molecule has 0 aliphatic carbocycles. The fourth-order valence-corrected chi connectivity index (χ4v) is 3.11. The van der Waals surface area contributed by atoms with Gasteiger partial charge < -0.3 is 15.0 Å². The van der Waals surface area contributed by atoms with Crippen LogP contribution in [0.4, 0.5) is 0 Å². The molecule has 0 unspecified atom stereocenters. The number of hydrogen-bond donors (Lipinski definition) is 1. The number of hydrogen-bond acceptors (Lipinski definition) is 3. The molecular weight excluding hydrogens is 292 g/mol. The summed E-state index contributed by atoms with van der Waals surface area (Å²) in [4.78, 5) is 26.6. The van der Waals surface area contributed by atoms with Crippen LogP contribution in [0.5, 0.6) is 0 Å². The van der Waals surface area contributed by atoms with Crippen LogP contribution in [-0.4, -0.2) is 43.0 Å². The summed E-state index contributed by atoms with van der Waals surface area (Å²) >= 11 is 6.21. The maximum absolute atomic E-state index is 12.7. The summed E-state index contributed by atoms with van der Waals surface area (Å²) in [6.45, 7) is 2.01. The molecule has 21 heavy (non-hydrogen) atoms. The number of benzene rings is 1. The first-order chi connectivity index (χ1) is 10.2. The molecule has 2 aliphatic heterocycles. The topological polar surface area (TPSA) is 58.6 Å². The molecule has 3 rings (SSSR count). The Hall–Kier alpha value is -1.59. The zero-order chi connectivity index (χ0) is 14.8. The Balaban J connectivity index is 1.91. The normalized spacial score (nSPS) is 25.8. The van der Waals surface area contributed by atoms with E-state index in [4.69, 9.17) is 16.3 Å². The van der Waals surface area contributed by atoms with Crippen LogP contribution in [0.3, 0.4) is 0 Å². The van der Waals surface area contributed by atoms with Crippen LogP contribution in [0.15, 0.2) is 24.3 Å². The average Bonchev–Trinajstić information content (AvgIpc) is 3.01. The number of rotatable bonds is 2. The number of halogens is 1. The third kappa shape index (κ3) is 2.76. The number of carbonyl (C=O) groups is 2. The highest BCUT2D eigenvalue weighted by atomic mass is 35.5. The van der Waals surface area contributed by atoms with Gasteiger partial charge >= 0.3 is 0 Å². The van der Waals surface area contributed by atoms with Crippen molar-refractivity contribution in [1.82, 2.24) is 10.2 Å². The second-order valence-electron chi connectivity index (χ2n) is 5.31. The minimum Gasteiger partial charge on any atom is -0.381 e. The molecule has 0 bridgehead atoms. The Labute approximate surface area is 128 Å². The van der Waals surface area contributed by atoms with Gasteiger partial charge in [0.15, 0.2) is 0 Å². The molecule has 1 aromatic rings.